The number of nitrogens with zero attached hydrogens (tertiary/aromatic N) is 3. The first-order chi connectivity index (χ1) is 13.5. The summed E-state index contributed by atoms with van der Waals surface area (Å²) in [5.74, 6) is -0.288. The van der Waals surface area contributed by atoms with Gasteiger partial charge in [0.1, 0.15) is 0 Å². The van der Waals surface area contributed by atoms with Crippen molar-refractivity contribution in [2.75, 3.05) is 0 Å². The Kier molecular flexibility index (Phi) is 6.49. The maximum atomic E-state index is 12.2. The molecule has 1 aliphatic carbocycles. The summed E-state index contributed by atoms with van der Waals surface area (Å²) >= 11 is 0. The predicted molar refractivity (Wildman–Crippen MR) is 101 cm³/mol. The lowest BCUT2D eigenvalue weighted by molar-refractivity contribution is -0.137. The summed E-state index contributed by atoms with van der Waals surface area (Å²) < 4.78 is 5.83. The summed E-state index contributed by atoms with van der Waals surface area (Å²) in [6, 6.07) is 3.10. The van der Waals surface area contributed by atoms with Crippen molar-refractivity contribution >= 4 is 5.97 Å². The fourth-order valence-corrected chi connectivity index (χ4v) is 3.95. The quantitative estimate of drug-likeness (QED) is 0.660. The lowest BCUT2D eigenvalue weighted by atomic mass is 9.84. The Balaban J connectivity index is 1.71. The van der Waals surface area contributed by atoms with Crippen LogP contribution in [0.2, 0.25) is 0 Å². The second-order valence-corrected chi connectivity index (χ2v) is 7.69. The average molecular weight is 389 g/mol. The maximum Gasteiger partial charge on any atom is 0.304 e. The van der Waals surface area contributed by atoms with Gasteiger partial charge in [-0.3, -0.25) is 9.59 Å². The van der Waals surface area contributed by atoms with Crippen molar-refractivity contribution in [2.24, 2.45) is 5.92 Å². The molecule has 1 atom stereocenters. The van der Waals surface area contributed by atoms with Gasteiger partial charge in [-0.2, -0.15) is 9.71 Å². The van der Waals surface area contributed by atoms with Gasteiger partial charge in [0.15, 0.2) is 0 Å². The molecule has 0 spiro atoms. The molecule has 0 unspecified atom stereocenters. The summed E-state index contributed by atoms with van der Waals surface area (Å²) in [5, 5.41) is 22.9. The monoisotopic (exact) mass is 389 g/mol. The van der Waals surface area contributed by atoms with E-state index in [2.05, 4.69) is 10.1 Å². The molecule has 1 aliphatic rings. The van der Waals surface area contributed by atoms with Gasteiger partial charge in [-0.25, -0.2) is 0 Å². The molecule has 28 heavy (non-hydrogen) atoms. The lowest BCUT2D eigenvalue weighted by Gasteiger charge is -2.21. The molecule has 8 nitrogen and oxygen atoms in total. The van der Waals surface area contributed by atoms with Crippen LogP contribution in [0.25, 0.3) is 11.4 Å². The van der Waals surface area contributed by atoms with Crippen LogP contribution in [0.3, 0.4) is 0 Å². The van der Waals surface area contributed by atoms with E-state index in [0.717, 1.165) is 18.8 Å². The molecule has 2 aromatic rings. The van der Waals surface area contributed by atoms with Crippen LogP contribution in [0.5, 0.6) is 0 Å². The van der Waals surface area contributed by atoms with E-state index >= 15 is 0 Å². The minimum absolute atomic E-state index is 0.0606. The van der Waals surface area contributed by atoms with Crippen LogP contribution in [0.1, 0.15) is 75.3 Å². The highest BCUT2D eigenvalue weighted by molar-refractivity contribution is 5.67. The molecule has 0 aliphatic heterocycles. The molecule has 2 N–H and O–H groups in total. The molecule has 1 fully saturated rings. The van der Waals surface area contributed by atoms with Gasteiger partial charge in [-0.1, -0.05) is 50.1 Å². The number of carboxylic acids is 1. The van der Waals surface area contributed by atoms with Gasteiger partial charge in [0.2, 0.25) is 11.7 Å². The van der Waals surface area contributed by atoms with Crippen molar-refractivity contribution in [3.8, 4) is 11.4 Å². The van der Waals surface area contributed by atoms with Crippen LogP contribution in [-0.2, 0) is 4.79 Å². The Morgan fingerprint density at radius 1 is 1.32 bits per heavy atom. The number of carboxylic acid groups (broad SMARTS) is 1. The zero-order valence-corrected chi connectivity index (χ0v) is 16.1. The molecule has 0 amide bonds. The number of aryl methyl sites for hydroxylation is 1. The van der Waals surface area contributed by atoms with Gasteiger partial charge < -0.3 is 14.8 Å². The first-order valence-corrected chi connectivity index (χ1v) is 9.93. The highest BCUT2D eigenvalue weighted by Crippen LogP contribution is 2.31. The zero-order valence-electron chi connectivity index (χ0n) is 16.1. The van der Waals surface area contributed by atoms with Crippen molar-refractivity contribution in [2.45, 2.75) is 70.6 Å². The van der Waals surface area contributed by atoms with E-state index in [4.69, 9.17) is 4.52 Å². The Hall–Kier alpha value is -2.64. The van der Waals surface area contributed by atoms with Crippen LogP contribution in [-0.4, -0.2) is 31.2 Å². The van der Waals surface area contributed by atoms with Crippen molar-refractivity contribution < 1.29 is 19.6 Å². The molecule has 0 radical (unpaired) electrons. The largest absolute Gasteiger partial charge is 0.481 e. The van der Waals surface area contributed by atoms with E-state index < -0.39 is 11.5 Å². The second-order valence-electron chi connectivity index (χ2n) is 7.69. The number of aliphatic carboxylic acids is 1. The van der Waals surface area contributed by atoms with Crippen LogP contribution >= 0.6 is 0 Å². The SMILES string of the molecule is Cc1ccc(-c2noc([C@H](CCCC3CCCCC3)CC(=O)O)n2)c(=O)n1O. The number of hydrogen-bond donors (Lipinski definition) is 2. The highest BCUT2D eigenvalue weighted by Gasteiger charge is 2.24. The molecule has 8 heteroatoms. The standard InChI is InChI=1S/C20H27N3O5/c1-13-10-11-16(20(26)23(13)27)18-21-19(28-22-18)15(12-17(24)25)9-5-8-14-6-3-2-4-7-14/h10-11,14-15,27H,2-9,12H2,1H3,(H,24,25)/t15-/m1/s1. The minimum atomic E-state index is -0.921. The smallest absolute Gasteiger partial charge is 0.304 e. The third-order valence-corrected chi connectivity index (χ3v) is 5.59. The third-order valence-electron chi connectivity index (χ3n) is 5.59. The van der Waals surface area contributed by atoms with Gasteiger partial charge in [0, 0.05) is 5.92 Å². The minimum Gasteiger partial charge on any atom is -0.481 e. The van der Waals surface area contributed by atoms with Crippen molar-refractivity contribution in [3.63, 3.8) is 0 Å². The number of pyridine rings is 1. The van der Waals surface area contributed by atoms with E-state index in [1.54, 1.807) is 13.0 Å². The lowest BCUT2D eigenvalue weighted by Crippen LogP contribution is -2.21. The fraction of sp³-hybridized carbons (Fsp3) is 0.600. The molecule has 0 bridgehead atoms. The van der Waals surface area contributed by atoms with Gasteiger partial charge in [-0.05, 0) is 31.4 Å². The number of carbonyl (C=O) groups is 1. The fourth-order valence-electron chi connectivity index (χ4n) is 3.95. The van der Waals surface area contributed by atoms with E-state index in [1.807, 2.05) is 0 Å². The van der Waals surface area contributed by atoms with E-state index in [0.29, 0.717) is 16.8 Å². The average Bonchev–Trinajstić information content (AvgIpc) is 3.16. The van der Waals surface area contributed by atoms with E-state index in [-0.39, 0.29) is 29.6 Å². The van der Waals surface area contributed by atoms with E-state index in [9.17, 15) is 19.9 Å². The van der Waals surface area contributed by atoms with Crippen LogP contribution < -0.4 is 5.56 Å². The predicted octanol–water partition coefficient (Wildman–Crippen LogP) is 3.75. The molecule has 2 heterocycles. The highest BCUT2D eigenvalue weighted by atomic mass is 16.5. The molecule has 3 rings (SSSR count). The van der Waals surface area contributed by atoms with Gasteiger partial charge in [-0.15, -0.1) is 0 Å². The summed E-state index contributed by atoms with van der Waals surface area (Å²) in [5.41, 5.74) is -0.136. The zero-order chi connectivity index (χ0) is 20.1. The first kappa shape index (κ1) is 20.1. The van der Waals surface area contributed by atoms with Gasteiger partial charge in [0.25, 0.3) is 5.56 Å². The molecular weight excluding hydrogens is 362 g/mol. The van der Waals surface area contributed by atoms with Crippen LogP contribution in [0.15, 0.2) is 21.5 Å². The molecule has 2 aromatic heterocycles. The summed E-state index contributed by atoms with van der Waals surface area (Å²) in [6.45, 7) is 1.60. The molecule has 0 aromatic carbocycles. The maximum absolute atomic E-state index is 12.2. The van der Waals surface area contributed by atoms with Crippen molar-refractivity contribution in [3.05, 3.63) is 34.1 Å². The van der Waals surface area contributed by atoms with E-state index in [1.165, 1.54) is 38.2 Å². The Labute approximate surface area is 163 Å². The van der Waals surface area contributed by atoms with Gasteiger partial charge in [0.05, 0.1) is 17.7 Å². The Morgan fingerprint density at radius 2 is 2.07 bits per heavy atom. The number of aromatic nitrogens is 3. The Morgan fingerprint density at radius 3 is 2.79 bits per heavy atom. The molecule has 1 saturated carbocycles. The van der Waals surface area contributed by atoms with Gasteiger partial charge >= 0.3 is 5.97 Å². The summed E-state index contributed by atoms with van der Waals surface area (Å²) in [4.78, 5) is 27.7. The normalized spacial score (nSPS) is 16.2. The van der Waals surface area contributed by atoms with Crippen molar-refractivity contribution in [1.82, 2.24) is 14.9 Å². The molecule has 152 valence electrons. The molecular formula is C20H27N3O5. The second kappa shape index (κ2) is 9.03. The van der Waals surface area contributed by atoms with Crippen molar-refractivity contribution in [1.29, 1.82) is 0 Å². The Bertz CT molecular complexity index is 867. The molecule has 0 saturated heterocycles. The third kappa shape index (κ3) is 4.79. The number of hydrogen-bond acceptors (Lipinski definition) is 6. The first-order valence-electron chi connectivity index (χ1n) is 9.93. The summed E-state index contributed by atoms with van der Waals surface area (Å²) in [7, 11) is 0. The van der Waals surface area contributed by atoms with Crippen LogP contribution in [0, 0.1) is 12.8 Å². The topological polar surface area (TPSA) is 118 Å². The van der Waals surface area contributed by atoms with Crippen LogP contribution in [0.4, 0.5) is 0 Å². The summed E-state index contributed by atoms with van der Waals surface area (Å²) in [6.07, 6.45) is 8.97. The number of rotatable bonds is 8.